The fraction of sp³-hybridized carbons (Fsp3) is 0.500. The Morgan fingerprint density at radius 3 is 2.76 bits per heavy atom. The maximum Gasteiger partial charge on any atom is 0.339 e. The van der Waals surface area contributed by atoms with E-state index in [9.17, 15) is 4.79 Å². The number of pyridine rings is 1. The van der Waals surface area contributed by atoms with Crippen LogP contribution in [-0.4, -0.2) is 42.5 Å². The lowest BCUT2D eigenvalue weighted by atomic mass is 10.2. The number of carbonyl (C=O) groups excluding carboxylic acids is 1. The van der Waals surface area contributed by atoms with Crippen molar-refractivity contribution in [2.45, 2.75) is 32.4 Å². The molecule has 0 fully saturated rings. The van der Waals surface area contributed by atoms with Crippen molar-refractivity contribution in [2.75, 3.05) is 13.7 Å². The molecule has 6 nitrogen and oxygen atoms in total. The summed E-state index contributed by atoms with van der Waals surface area (Å²) in [5.41, 5.74) is 1.12. The Hall–Kier alpha value is -1.73. The van der Waals surface area contributed by atoms with Gasteiger partial charge in [0.05, 0.1) is 18.9 Å². The highest BCUT2D eigenvalue weighted by molar-refractivity contribution is 6.76. The van der Waals surface area contributed by atoms with Gasteiger partial charge in [0.1, 0.15) is 6.73 Å². The number of nitrogens with zero attached hydrogens (tertiary/aromatic N) is 3. The second-order valence-electron chi connectivity index (χ2n) is 6.12. The fourth-order valence-electron chi connectivity index (χ4n) is 1.83. The van der Waals surface area contributed by atoms with Crippen molar-refractivity contribution in [1.82, 2.24) is 14.8 Å². The Balaban J connectivity index is 2.03. The molecule has 2 aromatic rings. The highest BCUT2D eigenvalue weighted by Crippen LogP contribution is 2.14. The summed E-state index contributed by atoms with van der Waals surface area (Å²) in [6.45, 7) is 8.05. The molecule has 0 saturated heterocycles. The molecule has 0 atom stereocenters. The molecule has 0 radical (unpaired) electrons. The minimum absolute atomic E-state index is 0.374. The molecular weight excluding hydrogens is 286 g/mol. The van der Waals surface area contributed by atoms with Crippen LogP contribution in [0, 0.1) is 0 Å². The molecule has 2 rings (SSSR count). The summed E-state index contributed by atoms with van der Waals surface area (Å²) in [5, 5.41) is 5.04. The Labute approximate surface area is 125 Å². The third kappa shape index (κ3) is 4.12. The largest absolute Gasteiger partial charge is 0.465 e. The van der Waals surface area contributed by atoms with Gasteiger partial charge in [-0.2, -0.15) is 5.10 Å². The van der Waals surface area contributed by atoms with Crippen LogP contribution in [0.15, 0.2) is 18.5 Å². The summed E-state index contributed by atoms with van der Waals surface area (Å²) in [7, 11) is 0.271. The normalized spacial score (nSPS) is 11.8. The van der Waals surface area contributed by atoms with E-state index in [0.717, 1.165) is 18.0 Å². The van der Waals surface area contributed by atoms with Crippen molar-refractivity contribution < 1.29 is 14.3 Å². The lowest BCUT2D eigenvalue weighted by molar-refractivity contribution is 0.0600. The SMILES string of the molecule is COC(=O)c1cnc2c(cnn2COCC[Si](C)(C)C)c1. The summed E-state index contributed by atoms with van der Waals surface area (Å²) >= 11 is 0. The Kier molecular flexibility index (Phi) is 4.74. The van der Waals surface area contributed by atoms with Gasteiger partial charge in [0, 0.05) is 26.3 Å². The van der Waals surface area contributed by atoms with E-state index in [4.69, 9.17) is 4.74 Å². The molecule has 0 aliphatic rings. The van der Waals surface area contributed by atoms with Crippen molar-refractivity contribution in [3.63, 3.8) is 0 Å². The van der Waals surface area contributed by atoms with Crippen LogP contribution in [0.2, 0.25) is 25.7 Å². The van der Waals surface area contributed by atoms with E-state index in [0.29, 0.717) is 17.9 Å². The first kappa shape index (κ1) is 15.7. The van der Waals surface area contributed by atoms with Gasteiger partial charge in [-0.3, -0.25) is 0 Å². The van der Waals surface area contributed by atoms with Crippen LogP contribution in [-0.2, 0) is 16.2 Å². The number of aromatic nitrogens is 3. The highest BCUT2D eigenvalue weighted by Gasteiger charge is 2.13. The summed E-state index contributed by atoms with van der Waals surface area (Å²) < 4.78 is 12.0. The van der Waals surface area contributed by atoms with Gasteiger partial charge >= 0.3 is 5.97 Å². The number of esters is 1. The highest BCUT2D eigenvalue weighted by atomic mass is 28.3. The lowest BCUT2D eigenvalue weighted by Crippen LogP contribution is -2.22. The number of fused-ring (bicyclic) bond motifs is 1. The van der Waals surface area contributed by atoms with E-state index in [2.05, 4.69) is 34.5 Å². The van der Waals surface area contributed by atoms with Crippen LogP contribution in [0.4, 0.5) is 0 Å². The van der Waals surface area contributed by atoms with E-state index >= 15 is 0 Å². The maximum absolute atomic E-state index is 11.5. The summed E-state index contributed by atoms with van der Waals surface area (Å²) in [5.74, 6) is -0.400. The Morgan fingerprint density at radius 1 is 1.33 bits per heavy atom. The molecule has 0 aromatic carbocycles. The van der Waals surface area contributed by atoms with Gasteiger partial charge in [0.15, 0.2) is 5.65 Å². The molecule has 0 unspecified atom stereocenters. The molecule has 2 aromatic heterocycles. The zero-order valence-corrected chi connectivity index (χ0v) is 13.9. The minimum atomic E-state index is -1.08. The molecule has 114 valence electrons. The van der Waals surface area contributed by atoms with Crippen LogP contribution in [0.5, 0.6) is 0 Å². The molecule has 0 aliphatic heterocycles. The second-order valence-corrected chi connectivity index (χ2v) is 11.7. The number of rotatable bonds is 6. The van der Waals surface area contributed by atoms with Crippen LogP contribution in [0.1, 0.15) is 10.4 Å². The van der Waals surface area contributed by atoms with E-state index in [1.165, 1.54) is 13.3 Å². The average Bonchev–Trinajstić information content (AvgIpc) is 2.84. The summed E-state index contributed by atoms with van der Waals surface area (Å²) in [6, 6.07) is 2.84. The molecule has 0 saturated carbocycles. The predicted octanol–water partition coefficient (Wildman–Crippen LogP) is 2.53. The van der Waals surface area contributed by atoms with E-state index < -0.39 is 14.0 Å². The standard InChI is InChI=1S/C14H21N3O3Si/c1-19-14(18)12-7-11-9-16-17(13(11)15-8-12)10-20-5-6-21(2,3)4/h7-9H,5-6,10H2,1-4H3. The Bertz CT molecular complexity index is 634. The van der Waals surface area contributed by atoms with Gasteiger partial charge in [0.25, 0.3) is 0 Å². The zero-order valence-electron chi connectivity index (χ0n) is 12.9. The second kappa shape index (κ2) is 6.36. The van der Waals surface area contributed by atoms with Crippen LogP contribution >= 0.6 is 0 Å². The van der Waals surface area contributed by atoms with Crippen molar-refractivity contribution in [3.05, 3.63) is 24.0 Å². The quantitative estimate of drug-likeness (QED) is 0.466. The molecule has 7 heteroatoms. The first-order valence-corrected chi connectivity index (χ1v) is 10.6. The third-order valence-electron chi connectivity index (χ3n) is 3.11. The minimum Gasteiger partial charge on any atom is -0.465 e. The molecule has 0 bridgehead atoms. The molecule has 0 aliphatic carbocycles. The van der Waals surface area contributed by atoms with Gasteiger partial charge in [0.2, 0.25) is 0 Å². The number of hydrogen-bond acceptors (Lipinski definition) is 5. The molecule has 0 N–H and O–H groups in total. The monoisotopic (exact) mass is 307 g/mol. The number of methoxy groups -OCH3 is 1. The van der Waals surface area contributed by atoms with Gasteiger partial charge in [-0.05, 0) is 12.1 Å². The van der Waals surface area contributed by atoms with Crippen molar-refractivity contribution in [1.29, 1.82) is 0 Å². The maximum atomic E-state index is 11.5. The van der Waals surface area contributed by atoms with Crippen LogP contribution in [0.3, 0.4) is 0 Å². The van der Waals surface area contributed by atoms with E-state index in [1.54, 1.807) is 16.9 Å². The number of hydrogen-bond donors (Lipinski definition) is 0. The van der Waals surface area contributed by atoms with Gasteiger partial charge in [-0.1, -0.05) is 19.6 Å². The van der Waals surface area contributed by atoms with Gasteiger partial charge in [-0.25, -0.2) is 14.5 Å². The van der Waals surface area contributed by atoms with E-state index in [1.807, 2.05) is 0 Å². The average molecular weight is 307 g/mol. The van der Waals surface area contributed by atoms with E-state index in [-0.39, 0.29) is 0 Å². The zero-order chi connectivity index (χ0) is 15.5. The van der Waals surface area contributed by atoms with Crippen LogP contribution in [0.25, 0.3) is 11.0 Å². The molecule has 0 amide bonds. The number of ether oxygens (including phenoxy) is 2. The first-order chi connectivity index (χ1) is 9.90. The smallest absolute Gasteiger partial charge is 0.339 e. The van der Waals surface area contributed by atoms with Crippen LogP contribution < -0.4 is 0 Å². The summed E-state index contributed by atoms with van der Waals surface area (Å²) in [4.78, 5) is 15.7. The lowest BCUT2D eigenvalue weighted by Gasteiger charge is -2.15. The van der Waals surface area contributed by atoms with Crippen molar-refractivity contribution in [3.8, 4) is 0 Å². The van der Waals surface area contributed by atoms with Gasteiger partial charge < -0.3 is 9.47 Å². The Morgan fingerprint density at radius 2 is 2.10 bits per heavy atom. The number of carbonyl (C=O) groups is 1. The van der Waals surface area contributed by atoms with Crippen molar-refractivity contribution >= 4 is 25.1 Å². The van der Waals surface area contributed by atoms with Gasteiger partial charge in [-0.15, -0.1) is 0 Å². The topological polar surface area (TPSA) is 66.2 Å². The molecule has 0 spiro atoms. The first-order valence-electron chi connectivity index (χ1n) is 6.88. The summed E-state index contributed by atoms with van der Waals surface area (Å²) in [6.07, 6.45) is 3.17. The molecular formula is C14H21N3O3Si. The van der Waals surface area contributed by atoms with Crippen molar-refractivity contribution in [2.24, 2.45) is 0 Å². The fourth-order valence-corrected chi connectivity index (χ4v) is 2.58. The molecule has 21 heavy (non-hydrogen) atoms. The molecule has 2 heterocycles. The third-order valence-corrected chi connectivity index (χ3v) is 4.81. The predicted molar refractivity (Wildman–Crippen MR) is 83.0 cm³/mol.